The number of fused-ring (bicyclic) bond motifs is 2. The lowest BCUT2D eigenvalue weighted by atomic mass is 9.60. The van der Waals surface area contributed by atoms with E-state index in [1.165, 1.54) is 11.3 Å². The van der Waals surface area contributed by atoms with Crippen LogP contribution >= 0.6 is 0 Å². The van der Waals surface area contributed by atoms with E-state index in [2.05, 4.69) is 70.0 Å². The molecule has 4 aliphatic rings. The number of Topliss-reactive ketones (excluding diaryl/α,β-unsaturated/α-hetero) is 2. The number of aromatic hydroxyl groups is 1. The van der Waals surface area contributed by atoms with Crippen LogP contribution in [-0.4, -0.2) is 50.9 Å². The SMILES string of the molecule is CC1([Si](C)(C)c2ccccc2)CCC2C3=C(C(=O)c4c(O)cccc4C3=O)C(O[Si](C)(C)C)C3OC23C1. The molecule has 194 valence electrons. The Morgan fingerprint density at radius 2 is 1.65 bits per heavy atom. The van der Waals surface area contributed by atoms with Crippen LogP contribution in [0.4, 0.5) is 0 Å². The topological polar surface area (TPSA) is 76.1 Å². The normalized spacial score (nSPS) is 32.9. The summed E-state index contributed by atoms with van der Waals surface area (Å²) in [6, 6.07) is 15.6. The Hall–Kier alpha value is -2.33. The molecular weight excluding hydrogens is 496 g/mol. The third-order valence-electron chi connectivity index (χ3n) is 9.70. The first-order valence-electron chi connectivity index (χ1n) is 13.4. The number of rotatable bonds is 4. The summed E-state index contributed by atoms with van der Waals surface area (Å²) >= 11 is 0. The van der Waals surface area contributed by atoms with E-state index in [-0.39, 0.29) is 39.9 Å². The minimum absolute atomic E-state index is 0.0687. The van der Waals surface area contributed by atoms with Gasteiger partial charge in [-0.25, -0.2) is 0 Å². The Morgan fingerprint density at radius 3 is 2.32 bits per heavy atom. The number of phenols is 1. The van der Waals surface area contributed by atoms with Crippen LogP contribution in [0.5, 0.6) is 5.75 Å². The minimum Gasteiger partial charge on any atom is -0.507 e. The summed E-state index contributed by atoms with van der Waals surface area (Å²) in [6.45, 7) is 13.6. The number of ketones is 2. The van der Waals surface area contributed by atoms with Crippen LogP contribution in [-0.2, 0) is 9.16 Å². The lowest BCUT2D eigenvalue weighted by Crippen LogP contribution is -2.58. The fraction of sp³-hybridized carbons (Fsp3) is 0.467. The van der Waals surface area contributed by atoms with Crippen molar-refractivity contribution in [2.45, 2.75) is 81.8 Å². The highest BCUT2D eigenvalue weighted by molar-refractivity contribution is 6.92. The molecule has 2 aromatic carbocycles. The molecule has 5 atom stereocenters. The number of epoxide rings is 1. The molecule has 3 aliphatic carbocycles. The number of carbonyl (C=O) groups excluding carboxylic acids is 2. The van der Waals surface area contributed by atoms with Gasteiger partial charge in [0.1, 0.15) is 23.6 Å². The van der Waals surface area contributed by atoms with Crippen molar-refractivity contribution in [2.24, 2.45) is 5.92 Å². The maximum absolute atomic E-state index is 14.0. The zero-order valence-electron chi connectivity index (χ0n) is 22.6. The molecule has 1 N–H and O–H groups in total. The third kappa shape index (κ3) is 3.47. The molecular formula is C30H36O5Si2. The Labute approximate surface area is 221 Å². The largest absolute Gasteiger partial charge is 0.507 e. The summed E-state index contributed by atoms with van der Waals surface area (Å²) in [5, 5.41) is 12.1. The molecule has 7 heteroatoms. The minimum atomic E-state index is -2.11. The van der Waals surface area contributed by atoms with Gasteiger partial charge in [0.05, 0.1) is 13.6 Å². The summed E-state index contributed by atoms with van der Waals surface area (Å²) in [5.74, 6) is -0.697. The summed E-state index contributed by atoms with van der Waals surface area (Å²) < 4.78 is 13.4. The second kappa shape index (κ2) is 7.85. The van der Waals surface area contributed by atoms with Crippen molar-refractivity contribution in [3.05, 3.63) is 70.8 Å². The monoisotopic (exact) mass is 532 g/mol. The molecule has 5 unspecified atom stereocenters. The fourth-order valence-electron chi connectivity index (χ4n) is 7.37. The lowest BCUT2D eigenvalue weighted by molar-refractivity contribution is 0.0877. The highest BCUT2D eigenvalue weighted by Crippen LogP contribution is 2.68. The highest BCUT2D eigenvalue weighted by Gasteiger charge is 2.74. The number of hydrogen-bond acceptors (Lipinski definition) is 5. The Balaban J connectivity index is 1.47. The Morgan fingerprint density at radius 1 is 0.946 bits per heavy atom. The van der Waals surface area contributed by atoms with Gasteiger partial charge in [-0.1, -0.05) is 67.7 Å². The van der Waals surface area contributed by atoms with Crippen molar-refractivity contribution in [3.63, 3.8) is 0 Å². The van der Waals surface area contributed by atoms with E-state index < -0.39 is 28.1 Å². The van der Waals surface area contributed by atoms with E-state index in [4.69, 9.17) is 9.16 Å². The van der Waals surface area contributed by atoms with Crippen LogP contribution < -0.4 is 5.19 Å². The molecule has 1 saturated carbocycles. The van der Waals surface area contributed by atoms with Crippen LogP contribution in [0.15, 0.2) is 59.7 Å². The van der Waals surface area contributed by atoms with E-state index in [1.807, 2.05) is 0 Å². The van der Waals surface area contributed by atoms with Crippen molar-refractivity contribution < 1.29 is 23.9 Å². The second-order valence-electron chi connectivity index (χ2n) is 13.1. The summed E-state index contributed by atoms with van der Waals surface area (Å²) in [4.78, 5) is 28.0. The van der Waals surface area contributed by atoms with Crippen molar-refractivity contribution in [1.29, 1.82) is 0 Å². The standard InChI is InChI=1S/C30H36O5Si2/c1-29(37(5,6)18-11-8-7-9-12-18)16-15-20-23-24(26(33)22-19(25(23)32)13-10-14-21(22)31)27(35-36(2,3)4)28-30(20,17-29)34-28/h7-14,20,27-28,31H,15-17H2,1-6H3. The Kier molecular flexibility index (Phi) is 5.30. The van der Waals surface area contributed by atoms with E-state index in [0.717, 1.165) is 19.3 Å². The molecule has 0 amide bonds. The predicted octanol–water partition coefficient (Wildman–Crippen LogP) is 5.62. The zero-order valence-corrected chi connectivity index (χ0v) is 24.6. The summed E-state index contributed by atoms with van der Waals surface area (Å²) in [6.07, 6.45) is 1.83. The van der Waals surface area contributed by atoms with Crippen molar-refractivity contribution in [3.8, 4) is 5.75 Å². The predicted molar refractivity (Wildman–Crippen MR) is 149 cm³/mol. The van der Waals surface area contributed by atoms with Gasteiger partial charge >= 0.3 is 0 Å². The van der Waals surface area contributed by atoms with Gasteiger partial charge in [-0.05, 0) is 50.0 Å². The van der Waals surface area contributed by atoms with Crippen molar-refractivity contribution in [1.82, 2.24) is 0 Å². The first-order chi connectivity index (χ1) is 17.3. The smallest absolute Gasteiger partial charge is 0.196 e. The first-order valence-corrected chi connectivity index (χ1v) is 19.8. The maximum atomic E-state index is 14.0. The number of carbonyl (C=O) groups is 2. The molecule has 0 aromatic heterocycles. The van der Waals surface area contributed by atoms with E-state index in [1.54, 1.807) is 12.1 Å². The second-order valence-corrected chi connectivity index (χ2v) is 22.6. The van der Waals surface area contributed by atoms with E-state index in [0.29, 0.717) is 16.7 Å². The van der Waals surface area contributed by atoms with Crippen LogP contribution in [0.3, 0.4) is 0 Å². The molecule has 5 nitrogen and oxygen atoms in total. The zero-order chi connectivity index (χ0) is 26.5. The van der Waals surface area contributed by atoms with Gasteiger partial charge in [-0.3, -0.25) is 9.59 Å². The molecule has 1 heterocycles. The number of hydrogen-bond donors (Lipinski definition) is 1. The molecule has 0 radical (unpaired) electrons. The molecule has 1 spiro atoms. The lowest BCUT2D eigenvalue weighted by Gasteiger charge is -2.52. The molecule has 1 saturated heterocycles. The average molecular weight is 533 g/mol. The van der Waals surface area contributed by atoms with Gasteiger partial charge in [-0.2, -0.15) is 0 Å². The van der Waals surface area contributed by atoms with Crippen LogP contribution in [0.2, 0.25) is 37.8 Å². The summed E-state index contributed by atoms with van der Waals surface area (Å²) in [7, 11) is -4.03. The van der Waals surface area contributed by atoms with Crippen LogP contribution in [0.25, 0.3) is 0 Å². The number of benzene rings is 2. The highest BCUT2D eigenvalue weighted by atomic mass is 28.4. The van der Waals surface area contributed by atoms with Crippen molar-refractivity contribution >= 4 is 33.1 Å². The molecule has 37 heavy (non-hydrogen) atoms. The first kappa shape index (κ1) is 25.0. The van der Waals surface area contributed by atoms with Gasteiger partial charge in [-0.15, -0.1) is 0 Å². The van der Waals surface area contributed by atoms with Crippen molar-refractivity contribution in [2.75, 3.05) is 0 Å². The number of ether oxygens (including phenoxy) is 1. The molecule has 6 rings (SSSR count). The quantitative estimate of drug-likeness (QED) is 0.409. The Bertz CT molecular complexity index is 1360. The average Bonchev–Trinajstić information content (AvgIpc) is 3.55. The van der Waals surface area contributed by atoms with Crippen LogP contribution in [0, 0.1) is 5.92 Å². The number of phenolic OH excluding ortho intramolecular Hbond substituents is 1. The third-order valence-corrected chi connectivity index (χ3v) is 15.9. The van der Waals surface area contributed by atoms with E-state index >= 15 is 0 Å². The van der Waals surface area contributed by atoms with Gasteiger partial charge in [0.2, 0.25) is 0 Å². The maximum Gasteiger partial charge on any atom is 0.196 e. The van der Waals surface area contributed by atoms with E-state index in [9.17, 15) is 14.7 Å². The molecule has 1 aliphatic heterocycles. The molecule has 2 aromatic rings. The van der Waals surface area contributed by atoms with Crippen LogP contribution in [0.1, 0.15) is 46.9 Å². The van der Waals surface area contributed by atoms with Gasteiger partial charge in [0.25, 0.3) is 0 Å². The molecule has 2 fully saturated rings. The van der Waals surface area contributed by atoms with Gasteiger partial charge in [0, 0.05) is 22.6 Å². The van der Waals surface area contributed by atoms with Gasteiger partial charge in [0.15, 0.2) is 19.9 Å². The summed E-state index contributed by atoms with van der Waals surface area (Å²) in [5.41, 5.74) is 0.951. The van der Waals surface area contributed by atoms with Gasteiger partial charge < -0.3 is 14.3 Å². The fourth-order valence-corrected chi connectivity index (χ4v) is 11.6. The molecule has 0 bridgehead atoms.